The largest absolute Gasteiger partial charge is 0.493 e. The Kier molecular flexibility index (Phi) is 5.71. The molecule has 2 aromatic heterocycles. The zero-order valence-corrected chi connectivity index (χ0v) is 17.6. The third-order valence-corrected chi connectivity index (χ3v) is 4.89. The SMILES string of the molecule is COc1ccc(-c2nc3ccc(C)cn3c2NC(=O)/C=C/c2ccccc2)cc1OC. The lowest BCUT2D eigenvalue weighted by atomic mass is 10.1. The molecule has 0 unspecified atom stereocenters. The zero-order chi connectivity index (χ0) is 21.8. The Bertz CT molecular complexity index is 1260. The molecule has 0 saturated heterocycles. The van der Waals surface area contributed by atoms with Crippen molar-refractivity contribution in [1.29, 1.82) is 0 Å². The van der Waals surface area contributed by atoms with E-state index in [1.807, 2.05) is 78.2 Å². The summed E-state index contributed by atoms with van der Waals surface area (Å²) in [5.74, 6) is 1.57. The summed E-state index contributed by atoms with van der Waals surface area (Å²) in [7, 11) is 3.18. The topological polar surface area (TPSA) is 64.9 Å². The number of pyridine rings is 1. The van der Waals surface area contributed by atoms with Crippen LogP contribution in [0.5, 0.6) is 11.5 Å². The fraction of sp³-hybridized carbons (Fsp3) is 0.120. The minimum absolute atomic E-state index is 0.242. The molecule has 4 aromatic rings. The number of rotatable bonds is 6. The predicted molar refractivity (Wildman–Crippen MR) is 123 cm³/mol. The number of amides is 1. The number of imidazole rings is 1. The van der Waals surface area contributed by atoms with Crippen LogP contribution in [0, 0.1) is 6.92 Å². The van der Waals surface area contributed by atoms with Gasteiger partial charge in [0.2, 0.25) is 5.91 Å². The number of methoxy groups -OCH3 is 2. The van der Waals surface area contributed by atoms with Crippen molar-refractivity contribution in [3.05, 3.63) is 84.1 Å². The Morgan fingerprint density at radius 2 is 1.77 bits per heavy atom. The van der Waals surface area contributed by atoms with Gasteiger partial charge in [0.15, 0.2) is 11.5 Å². The van der Waals surface area contributed by atoms with Crippen molar-refractivity contribution in [3.63, 3.8) is 0 Å². The van der Waals surface area contributed by atoms with E-state index in [0.717, 1.165) is 22.3 Å². The van der Waals surface area contributed by atoms with Gasteiger partial charge in [-0.3, -0.25) is 9.20 Å². The van der Waals surface area contributed by atoms with Crippen molar-refractivity contribution in [3.8, 4) is 22.8 Å². The smallest absolute Gasteiger partial charge is 0.249 e. The van der Waals surface area contributed by atoms with E-state index in [1.54, 1.807) is 20.3 Å². The van der Waals surface area contributed by atoms with Crippen LogP contribution in [0.2, 0.25) is 0 Å². The number of carbonyl (C=O) groups excluding carboxylic acids is 1. The van der Waals surface area contributed by atoms with Crippen molar-refractivity contribution in [2.75, 3.05) is 19.5 Å². The maximum atomic E-state index is 12.7. The molecule has 0 aliphatic heterocycles. The second-order valence-electron chi connectivity index (χ2n) is 7.05. The van der Waals surface area contributed by atoms with Crippen LogP contribution in [0.1, 0.15) is 11.1 Å². The van der Waals surface area contributed by atoms with E-state index in [2.05, 4.69) is 5.32 Å². The third-order valence-electron chi connectivity index (χ3n) is 4.89. The van der Waals surface area contributed by atoms with E-state index < -0.39 is 0 Å². The molecule has 0 spiro atoms. The summed E-state index contributed by atoms with van der Waals surface area (Å²) in [5.41, 5.74) is 4.19. The Morgan fingerprint density at radius 1 is 1.00 bits per heavy atom. The highest BCUT2D eigenvalue weighted by molar-refractivity contribution is 6.03. The molecule has 156 valence electrons. The Labute approximate surface area is 180 Å². The summed E-state index contributed by atoms with van der Waals surface area (Å²) in [4.78, 5) is 17.5. The Morgan fingerprint density at radius 3 is 2.52 bits per heavy atom. The second-order valence-corrected chi connectivity index (χ2v) is 7.05. The van der Waals surface area contributed by atoms with Gasteiger partial charge in [-0.25, -0.2) is 4.98 Å². The summed E-state index contributed by atoms with van der Waals surface area (Å²) in [6.07, 6.45) is 5.24. The molecule has 1 amide bonds. The summed E-state index contributed by atoms with van der Waals surface area (Å²) < 4.78 is 12.7. The van der Waals surface area contributed by atoms with Crippen LogP contribution in [0.25, 0.3) is 23.0 Å². The molecule has 2 heterocycles. The number of hydrogen-bond acceptors (Lipinski definition) is 4. The van der Waals surface area contributed by atoms with Gasteiger partial charge in [-0.1, -0.05) is 36.4 Å². The molecule has 0 aliphatic carbocycles. The maximum absolute atomic E-state index is 12.7. The van der Waals surface area contributed by atoms with E-state index in [9.17, 15) is 4.79 Å². The molecule has 4 rings (SSSR count). The Hall–Kier alpha value is -4.06. The number of hydrogen-bond donors (Lipinski definition) is 1. The first kappa shape index (κ1) is 20.2. The summed E-state index contributed by atoms with van der Waals surface area (Å²) in [5, 5.41) is 3.00. The number of aromatic nitrogens is 2. The van der Waals surface area contributed by atoms with Crippen molar-refractivity contribution in [2.24, 2.45) is 0 Å². The van der Waals surface area contributed by atoms with E-state index in [1.165, 1.54) is 6.08 Å². The zero-order valence-electron chi connectivity index (χ0n) is 17.6. The van der Waals surface area contributed by atoms with Crippen LogP contribution in [-0.2, 0) is 4.79 Å². The van der Waals surface area contributed by atoms with Gasteiger partial charge in [-0.05, 0) is 48.4 Å². The van der Waals surface area contributed by atoms with Gasteiger partial charge in [0.05, 0.1) is 14.2 Å². The van der Waals surface area contributed by atoms with Crippen LogP contribution in [0.15, 0.2) is 72.9 Å². The molecule has 2 aromatic carbocycles. The highest BCUT2D eigenvalue weighted by atomic mass is 16.5. The standard InChI is InChI=1S/C25H23N3O3/c1-17-9-13-22-26-24(19-11-12-20(30-2)21(15-19)31-3)25(28(22)16-17)27-23(29)14-10-18-7-5-4-6-8-18/h4-16H,1-3H3,(H,27,29)/b14-10+. The molecule has 6 nitrogen and oxygen atoms in total. The van der Waals surface area contributed by atoms with Gasteiger partial charge in [0.1, 0.15) is 17.2 Å². The van der Waals surface area contributed by atoms with Gasteiger partial charge in [0, 0.05) is 17.8 Å². The Balaban J connectivity index is 1.75. The highest BCUT2D eigenvalue weighted by Crippen LogP contribution is 2.35. The molecule has 0 atom stereocenters. The number of aryl methyl sites for hydroxylation is 1. The van der Waals surface area contributed by atoms with Crippen molar-refractivity contribution < 1.29 is 14.3 Å². The second kappa shape index (κ2) is 8.75. The number of carbonyl (C=O) groups is 1. The van der Waals surface area contributed by atoms with Gasteiger partial charge >= 0.3 is 0 Å². The monoisotopic (exact) mass is 413 g/mol. The average molecular weight is 413 g/mol. The van der Waals surface area contributed by atoms with Crippen molar-refractivity contribution >= 4 is 23.4 Å². The maximum Gasteiger partial charge on any atom is 0.249 e. The number of nitrogens with zero attached hydrogens (tertiary/aromatic N) is 2. The molecule has 6 heteroatoms. The van der Waals surface area contributed by atoms with Crippen molar-refractivity contribution in [2.45, 2.75) is 6.92 Å². The van der Waals surface area contributed by atoms with E-state index >= 15 is 0 Å². The summed E-state index contributed by atoms with van der Waals surface area (Å²) >= 11 is 0. The number of nitrogens with one attached hydrogen (secondary N) is 1. The molecule has 0 aliphatic rings. The van der Waals surface area contributed by atoms with Gasteiger partial charge in [-0.15, -0.1) is 0 Å². The molecule has 0 fully saturated rings. The fourth-order valence-corrected chi connectivity index (χ4v) is 3.35. The average Bonchev–Trinajstić information content (AvgIpc) is 3.15. The summed E-state index contributed by atoms with van der Waals surface area (Å²) in [6.45, 7) is 2.00. The molecule has 0 radical (unpaired) electrons. The van der Waals surface area contributed by atoms with Crippen LogP contribution in [-0.4, -0.2) is 29.5 Å². The van der Waals surface area contributed by atoms with Gasteiger partial charge < -0.3 is 14.8 Å². The molecular weight excluding hydrogens is 390 g/mol. The molecule has 0 saturated carbocycles. The van der Waals surface area contributed by atoms with Crippen LogP contribution in [0.3, 0.4) is 0 Å². The lowest BCUT2D eigenvalue weighted by Crippen LogP contribution is -2.10. The first-order valence-corrected chi connectivity index (χ1v) is 9.84. The minimum Gasteiger partial charge on any atom is -0.493 e. The van der Waals surface area contributed by atoms with Crippen LogP contribution < -0.4 is 14.8 Å². The van der Waals surface area contributed by atoms with E-state index in [4.69, 9.17) is 14.5 Å². The number of benzene rings is 2. The molecule has 1 N–H and O–H groups in total. The summed E-state index contributed by atoms with van der Waals surface area (Å²) in [6, 6.07) is 19.2. The molecular formula is C25H23N3O3. The normalized spacial score (nSPS) is 11.1. The lowest BCUT2D eigenvalue weighted by Gasteiger charge is -2.10. The molecule has 0 bridgehead atoms. The lowest BCUT2D eigenvalue weighted by molar-refractivity contribution is -0.111. The van der Waals surface area contributed by atoms with Gasteiger partial charge in [-0.2, -0.15) is 0 Å². The minimum atomic E-state index is -0.242. The predicted octanol–water partition coefficient (Wildman–Crippen LogP) is 4.98. The number of anilines is 1. The first-order valence-electron chi connectivity index (χ1n) is 9.84. The van der Waals surface area contributed by atoms with Crippen molar-refractivity contribution in [1.82, 2.24) is 9.38 Å². The highest BCUT2D eigenvalue weighted by Gasteiger charge is 2.17. The van der Waals surface area contributed by atoms with E-state index in [0.29, 0.717) is 23.0 Å². The number of fused-ring (bicyclic) bond motifs is 1. The number of ether oxygens (including phenoxy) is 2. The van der Waals surface area contributed by atoms with Crippen LogP contribution in [0.4, 0.5) is 5.82 Å². The quantitative estimate of drug-likeness (QED) is 0.453. The van der Waals surface area contributed by atoms with E-state index in [-0.39, 0.29) is 5.91 Å². The fourth-order valence-electron chi connectivity index (χ4n) is 3.35. The van der Waals surface area contributed by atoms with Crippen LogP contribution >= 0.6 is 0 Å². The molecule has 31 heavy (non-hydrogen) atoms. The first-order chi connectivity index (χ1) is 15.1. The third kappa shape index (κ3) is 4.28. The van der Waals surface area contributed by atoms with Gasteiger partial charge in [0.25, 0.3) is 0 Å².